The minimum absolute atomic E-state index is 0.434. The summed E-state index contributed by atoms with van der Waals surface area (Å²) in [4.78, 5) is 9.06. The number of halogens is 1. The molecule has 0 aliphatic rings. The lowest BCUT2D eigenvalue weighted by atomic mass is 10.1. The van der Waals surface area contributed by atoms with Crippen LogP contribution < -0.4 is 0 Å². The number of nitrogens with zero attached hydrogens (tertiary/aromatic N) is 3. The first-order valence-corrected chi connectivity index (χ1v) is 6.69. The Hall–Kier alpha value is -1.87. The van der Waals surface area contributed by atoms with Crippen LogP contribution in [0.25, 0.3) is 16.7 Å². The van der Waals surface area contributed by atoms with E-state index in [-0.39, 0.29) is 0 Å². The second-order valence-corrected chi connectivity index (χ2v) is 4.85. The number of pyridine rings is 1. The molecule has 1 aromatic carbocycles. The highest BCUT2D eigenvalue weighted by atomic mass is 35.5. The van der Waals surface area contributed by atoms with Gasteiger partial charge in [-0.05, 0) is 26.0 Å². The molecule has 0 atom stereocenters. The standard InChI is InChI=1S/C15H14ClN3/c1-10-11(2)19(9-17-10)15-13(8-16)7-12-5-3-4-6-14(12)18-15/h3-7,9H,8H2,1-2H3. The number of imidazole rings is 1. The average molecular weight is 272 g/mol. The van der Waals surface area contributed by atoms with Gasteiger partial charge in [0.2, 0.25) is 0 Å². The molecule has 0 saturated carbocycles. The van der Waals surface area contributed by atoms with Crippen molar-refractivity contribution in [3.05, 3.63) is 53.6 Å². The quantitative estimate of drug-likeness (QED) is 0.664. The molecule has 3 rings (SSSR count). The molecule has 0 N–H and O–H groups in total. The minimum atomic E-state index is 0.434. The van der Waals surface area contributed by atoms with Gasteiger partial charge in [-0.15, -0.1) is 11.6 Å². The highest BCUT2D eigenvalue weighted by Crippen LogP contribution is 2.22. The van der Waals surface area contributed by atoms with Gasteiger partial charge in [0, 0.05) is 16.6 Å². The molecule has 3 aromatic rings. The maximum absolute atomic E-state index is 6.07. The van der Waals surface area contributed by atoms with Gasteiger partial charge in [-0.25, -0.2) is 9.97 Å². The Bertz CT molecular complexity index is 746. The fourth-order valence-corrected chi connectivity index (χ4v) is 2.37. The van der Waals surface area contributed by atoms with Crippen LogP contribution in [0.1, 0.15) is 17.0 Å². The number of rotatable bonds is 2. The molecule has 0 aliphatic carbocycles. The average Bonchev–Trinajstić information content (AvgIpc) is 2.77. The zero-order chi connectivity index (χ0) is 13.4. The van der Waals surface area contributed by atoms with E-state index in [4.69, 9.17) is 16.6 Å². The molecule has 0 unspecified atom stereocenters. The summed E-state index contributed by atoms with van der Waals surface area (Å²) < 4.78 is 2.00. The van der Waals surface area contributed by atoms with Gasteiger partial charge in [0.05, 0.1) is 17.1 Å². The Labute approximate surface area is 116 Å². The molecule has 0 aliphatic heterocycles. The third kappa shape index (κ3) is 2.00. The van der Waals surface area contributed by atoms with Crippen LogP contribution in [0.3, 0.4) is 0 Å². The van der Waals surface area contributed by atoms with Crippen molar-refractivity contribution in [1.82, 2.24) is 14.5 Å². The second kappa shape index (κ2) is 4.67. The van der Waals surface area contributed by atoms with Crippen LogP contribution in [0.2, 0.25) is 0 Å². The summed E-state index contributed by atoms with van der Waals surface area (Å²) in [5.41, 5.74) is 4.09. The first-order chi connectivity index (χ1) is 9.20. The van der Waals surface area contributed by atoms with Gasteiger partial charge in [-0.3, -0.25) is 4.57 Å². The summed E-state index contributed by atoms with van der Waals surface area (Å²) in [6.07, 6.45) is 1.80. The molecule has 96 valence electrons. The van der Waals surface area contributed by atoms with Crippen LogP contribution >= 0.6 is 11.6 Å². The normalized spacial score (nSPS) is 11.1. The molecule has 2 aromatic heterocycles. The molecule has 19 heavy (non-hydrogen) atoms. The number of hydrogen-bond donors (Lipinski definition) is 0. The Balaban J connectivity index is 2.30. The Kier molecular flexibility index (Phi) is 2.99. The predicted octanol–water partition coefficient (Wildman–Crippen LogP) is 3.78. The lowest BCUT2D eigenvalue weighted by Gasteiger charge is -2.11. The van der Waals surface area contributed by atoms with Crippen molar-refractivity contribution in [2.75, 3.05) is 0 Å². The molecule has 0 amide bonds. The number of aryl methyl sites for hydroxylation is 1. The highest BCUT2D eigenvalue weighted by molar-refractivity contribution is 6.17. The Morgan fingerprint density at radius 2 is 2.00 bits per heavy atom. The van der Waals surface area contributed by atoms with Crippen LogP contribution in [0.15, 0.2) is 36.7 Å². The van der Waals surface area contributed by atoms with E-state index in [0.717, 1.165) is 33.7 Å². The van der Waals surface area contributed by atoms with Crippen molar-refractivity contribution in [1.29, 1.82) is 0 Å². The Morgan fingerprint density at radius 1 is 1.21 bits per heavy atom. The first kappa shape index (κ1) is 12.2. The first-order valence-electron chi connectivity index (χ1n) is 6.16. The molecule has 0 spiro atoms. The largest absolute Gasteiger partial charge is 0.287 e. The smallest absolute Gasteiger partial charge is 0.143 e. The predicted molar refractivity (Wildman–Crippen MR) is 77.9 cm³/mol. The molecule has 3 nitrogen and oxygen atoms in total. The van der Waals surface area contributed by atoms with Crippen LogP contribution in [0.5, 0.6) is 0 Å². The van der Waals surface area contributed by atoms with Gasteiger partial charge in [-0.2, -0.15) is 0 Å². The highest BCUT2D eigenvalue weighted by Gasteiger charge is 2.11. The summed E-state index contributed by atoms with van der Waals surface area (Å²) in [5.74, 6) is 1.30. The maximum Gasteiger partial charge on any atom is 0.143 e. The lowest BCUT2D eigenvalue weighted by molar-refractivity contribution is 0.943. The zero-order valence-corrected chi connectivity index (χ0v) is 11.6. The van der Waals surface area contributed by atoms with E-state index in [2.05, 4.69) is 11.1 Å². The summed E-state index contributed by atoms with van der Waals surface area (Å²) in [5, 5.41) is 1.11. The van der Waals surface area contributed by atoms with Gasteiger partial charge in [0.25, 0.3) is 0 Å². The van der Waals surface area contributed by atoms with Gasteiger partial charge in [0.1, 0.15) is 12.1 Å². The lowest BCUT2D eigenvalue weighted by Crippen LogP contribution is -2.03. The van der Waals surface area contributed by atoms with E-state index in [0.29, 0.717) is 5.88 Å². The third-order valence-electron chi connectivity index (χ3n) is 3.40. The van der Waals surface area contributed by atoms with Gasteiger partial charge >= 0.3 is 0 Å². The van der Waals surface area contributed by atoms with E-state index in [1.165, 1.54) is 0 Å². The molecule has 0 bridgehead atoms. The van der Waals surface area contributed by atoms with Crippen molar-refractivity contribution < 1.29 is 0 Å². The van der Waals surface area contributed by atoms with Gasteiger partial charge in [-0.1, -0.05) is 18.2 Å². The van der Waals surface area contributed by atoms with Crippen LogP contribution in [-0.2, 0) is 5.88 Å². The fourth-order valence-electron chi connectivity index (χ4n) is 2.17. The fraction of sp³-hybridized carbons (Fsp3) is 0.200. The van der Waals surface area contributed by atoms with Gasteiger partial charge < -0.3 is 0 Å². The van der Waals surface area contributed by atoms with Crippen molar-refractivity contribution in [3.63, 3.8) is 0 Å². The van der Waals surface area contributed by atoms with Crippen LogP contribution in [0.4, 0.5) is 0 Å². The van der Waals surface area contributed by atoms with Crippen molar-refractivity contribution in [2.45, 2.75) is 19.7 Å². The molecular weight excluding hydrogens is 258 g/mol. The SMILES string of the molecule is Cc1ncn(-c2nc3ccccc3cc2CCl)c1C. The van der Waals surface area contributed by atoms with Crippen LogP contribution in [-0.4, -0.2) is 14.5 Å². The van der Waals surface area contributed by atoms with Crippen LogP contribution in [0, 0.1) is 13.8 Å². The molecule has 2 heterocycles. The van der Waals surface area contributed by atoms with Gasteiger partial charge in [0.15, 0.2) is 0 Å². The summed E-state index contributed by atoms with van der Waals surface area (Å²) in [7, 11) is 0. The van der Waals surface area contributed by atoms with E-state index >= 15 is 0 Å². The van der Waals surface area contributed by atoms with Crippen molar-refractivity contribution in [3.8, 4) is 5.82 Å². The van der Waals surface area contributed by atoms with Crippen molar-refractivity contribution in [2.24, 2.45) is 0 Å². The summed E-state index contributed by atoms with van der Waals surface area (Å²) >= 11 is 6.07. The number of hydrogen-bond acceptors (Lipinski definition) is 2. The molecular formula is C15H14ClN3. The summed E-state index contributed by atoms with van der Waals surface area (Å²) in [6.45, 7) is 4.03. The van der Waals surface area contributed by atoms with Crippen molar-refractivity contribution >= 4 is 22.5 Å². The third-order valence-corrected chi connectivity index (χ3v) is 3.69. The topological polar surface area (TPSA) is 30.7 Å². The number of fused-ring (bicyclic) bond motifs is 1. The second-order valence-electron chi connectivity index (χ2n) is 4.58. The van der Waals surface area contributed by atoms with E-state index in [1.54, 1.807) is 6.33 Å². The Morgan fingerprint density at radius 3 is 2.68 bits per heavy atom. The maximum atomic E-state index is 6.07. The summed E-state index contributed by atoms with van der Waals surface area (Å²) in [6, 6.07) is 10.2. The number of benzene rings is 1. The van der Waals surface area contributed by atoms with E-state index in [9.17, 15) is 0 Å². The zero-order valence-electron chi connectivity index (χ0n) is 10.9. The monoisotopic (exact) mass is 271 g/mol. The molecule has 4 heteroatoms. The number of aromatic nitrogens is 3. The van der Waals surface area contributed by atoms with E-state index < -0.39 is 0 Å². The number of alkyl halides is 1. The van der Waals surface area contributed by atoms with E-state index in [1.807, 2.05) is 42.7 Å². The number of para-hydroxylation sites is 1. The molecule has 0 radical (unpaired) electrons. The molecule has 0 saturated heterocycles. The molecule has 0 fully saturated rings. The minimum Gasteiger partial charge on any atom is -0.287 e.